The molecule has 0 heteroatoms. The monoisotopic (exact) mass is 322 g/mol. The fraction of sp³-hybridized carbons (Fsp3) is 0.417. The molecule has 0 fully saturated rings. The van der Waals surface area contributed by atoms with Crippen molar-refractivity contribution in [1.29, 1.82) is 0 Å². The molecule has 0 bridgehead atoms. The Bertz CT molecular complexity index is 526. The van der Waals surface area contributed by atoms with E-state index in [1.54, 1.807) is 0 Å². The average Bonchev–Trinajstić information content (AvgIpc) is 2.88. The van der Waals surface area contributed by atoms with Crippen LogP contribution in [0.5, 0.6) is 0 Å². The summed E-state index contributed by atoms with van der Waals surface area (Å²) in [5, 5.41) is 0. The molecule has 0 amide bonds. The van der Waals surface area contributed by atoms with E-state index >= 15 is 0 Å². The quantitative estimate of drug-likeness (QED) is 0.504. The zero-order valence-corrected chi connectivity index (χ0v) is 16.1. The molecule has 24 heavy (non-hydrogen) atoms. The first kappa shape index (κ1) is 22.0. The number of rotatable bonds is 5. The van der Waals surface area contributed by atoms with E-state index in [4.69, 9.17) is 0 Å². The molecular weight excluding hydrogens is 288 g/mol. The third-order valence-corrected chi connectivity index (χ3v) is 4.19. The van der Waals surface area contributed by atoms with E-state index in [9.17, 15) is 0 Å². The highest BCUT2D eigenvalue weighted by molar-refractivity contribution is 5.32. The van der Waals surface area contributed by atoms with Gasteiger partial charge in [0.15, 0.2) is 0 Å². The predicted octanol–water partition coefficient (Wildman–Crippen LogP) is 7.17. The Balaban J connectivity index is 0.00000123. The molecule has 0 radical (unpaired) electrons. The van der Waals surface area contributed by atoms with Gasteiger partial charge in [0, 0.05) is 0 Å². The van der Waals surface area contributed by atoms with Gasteiger partial charge in [-0.2, -0.15) is 0 Å². The van der Waals surface area contributed by atoms with Crippen LogP contribution in [-0.4, -0.2) is 0 Å². The largest absolute Gasteiger partial charge is 0.124 e. The van der Waals surface area contributed by atoms with Crippen LogP contribution in [0.15, 0.2) is 66.3 Å². The Kier molecular flexibility index (Phi) is 12.3. The second-order valence-corrected chi connectivity index (χ2v) is 6.02. The van der Waals surface area contributed by atoms with Gasteiger partial charge in [-0.15, -0.1) is 12.8 Å². The van der Waals surface area contributed by atoms with Crippen LogP contribution in [0.2, 0.25) is 0 Å². The smallest absolute Gasteiger partial charge is 0.00498 e. The van der Waals surface area contributed by atoms with E-state index in [0.717, 1.165) is 6.42 Å². The van der Waals surface area contributed by atoms with Crippen molar-refractivity contribution in [3.8, 4) is 12.8 Å². The molecular formula is C24H34. The van der Waals surface area contributed by atoms with Crippen molar-refractivity contribution in [1.82, 2.24) is 0 Å². The number of terminal acetylenes is 1. The lowest BCUT2D eigenvalue weighted by atomic mass is 9.83. The topological polar surface area (TPSA) is 0 Å². The first-order valence-corrected chi connectivity index (χ1v) is 9.14. The summed E-state index contributed by atoms with van der Waals surface area (Å²) in [5.41, 5.74) is 2.90. The van der Waals surface area contributed by atoms with Crippen LogP contribution in [0.3, 0.4) is 0 Å². The van der Waals surface area contributed by atoms with E-state index in [2.05, 4.69) is 94.3 Å². The molecule has 1 aliphatic rings. The van der Waals surface area contributed by atoms with Crippen molar-refractivity contribution in [2.45, 2.75) is 53.4 Å². The summed E-state index contributed by atoms with van der Waals surface area (Å²) in [6.07, 6.45) is 21.8. The zero-order valence-electron chi connectivity index (χ0n) is 16.1. The van der Waals surface area contributed by atoms with Gasteiger partial charge in [-0.1, -0.05) is 95.3 Å². The number of benzene rings is 1. The van der Waals surface area contributed by atoms with Crippen LogP contribution < -0.4 is 0 Å². The van der Waals surface area contributed by atoms with E-state index in [1.165, 1.54) is 17.6 Å². The molecule has 2 rings (SSSR count). The summed E-state index contributed by atoms with van der Waals surface area (Å²) in [7, 11) is 0. The lowest BCUT2D eigenvalue weighted by molar-refractivity contribution is 0.497. The Morgan fingerprint density at radius 3 is 2.17 bits per heavy atom. The van der Waals surface area contributed by atoms with Crippen molar-refractivity contribution in [2.24, 2.45) is 11.8 Å². The first-order valence-electron chi connectivity index (χ1n) is 9.14. The summed E-state index contributed by atoms with van der Waals surface area (Å²) in [4.78, 5) is 0. The molecule has 1 aromatic rings. The molecule has 2 atom stereocenters. The van der Waals surface area contributed by atoms with Crippen LogP contribution in [-0.2, 0) is 0 Å². The normalized spacial score (nSPS) is 16.8. The van der Waals surface area contributed by atoms with Gasteiger partial charge in [0.05, 0.1) is 0 Å². The van der Waals surface area contributed by atoms with Crippen LogP contribution in [0.1, 0.15) is 58.9 Å². The predicted molar refractivity (Wildman–Crippen MR) is 110 cm³/mol. The second-order valence-electron chi connectivity index (χ2n) is 6.02. The third kappa shape index (κ3) is 7.51. The van der Waals surface area contributed by atoms with Crippen LogP contribution in [0, 0.1) is 24.7 Å². The van der Waals surface area contributed by atoms with Crippen molar-refractivity contribution < 1.29 is 0 Å². The highest BCUT2D eigenvalue weighted by atomic mass is 14.2. The van der Waals surface area contributed by atoms with Crippen LogP contribution in [0.25, 0.3) is 0 Å². The van der Waals surface area contributed by atoms with Gasteiger partial charge in [-0.3, -0.25) is 0 Å². The van der Waals surface area contributed by atoms with Crippen LogP contribution in [0.4, 0.5) is 0 Å². The van der Waals surface area contributed by atoms with Crippen molar-refractivity contribution in [2.75, 3.05) is 0 Å². The molecule has 0 heterocycles. The minimum absolute atomic E-state index is 0.595. The Hall–Kier alpha value is -2.00. The summed E-state index contributed by atoms with van der Waals surface area (Å²) in [6.45, 7) is 10.9. The molecule has 130 valence electrons. The fourth-order valence-electron chi connectivity index (χ4n) is 2.79. The van der Waals surface area contributed by atoms with Crippen molar-refractivity contribution >= 4 is 0 Å². The SMILES string of the molecule is C#C.CC.CCC1C=CC=C(CC(c2ccccc2)C(C)C)C=C1. The molecule has 0 saturated carbocycles. The minimum atomic E-state index is 0.595. The van der Waals surface area contributed by atoms with Gasteiger partial charge in [-0.05, 0) is 41.7 Å². The van der Waals surface area contributed by atoms with E-state index < -0.39 is 0 Å². The van der Waals surface area contributed by atoms with Crippen molar-refractivity contribution in [3.63, 3.8) is 0 Å². The van der Waals surface area contributed by atoms with E-state index in [0.29, 0.717) is 17.8 Å². The summed E-state index contributed by atoms with van der Waals surface area (Å²) >= 11 is 0. The molecule has 1 aromatic carbocycles. The Morgan fingerprint density at radius 1 is 1.00 bits per heavy atom. The fourth-order valence-corrected chi connectivity index (χ4v) is 2.79. The maximum atomic E-state index is 4.00. The number of hydrogen-bond acceptors (Lipinski definition) is 0. The van der Waals surface area contributed by atoms with Gasteiger partial charge in [0.25, 0.3) is 0 Å². The third-order valence-electron chi connectivity index (χ3n) is 4.19. The average molecular weight is 323 g/mol. The number of allylic oxidation sites excluding steroid dienone is 6. The molecule has 0 spiro atoms. The van der Waals surface area contributed by atoms with Gasteiger partial charge in [-0.25, -0.2) is 0 Å². The maximum absolute atomic E-state index is 4.00. The summed E-state index contributed by atoms with van der Waals surface area (Å²) in [6, 6.07) is 10.9. The van der Waals surface area contributed by atoms with Crippen LogP contribution >= 0.6 is 0 Å². The molecule has 0 saturated heterocycles. The van der Waals surface area contributed by atoms with Gasteiger partial charge >= 0.3 is 0 Å². The first-order chi connectivity index (χ1) is 11.7. The minimum Gasteiger partial charge on any atom is -0.124 e. The second kappa shape index (κ2) is 13.4. The van der Waals surface area contributed by atoms with Gasteiger partial charge in [0.2, 0.25) is 0 Å². The Morgan fingerprint density at radius 2 is 1.62 bits per heavy atom. The van der Waals surface area contributed by atoms with Gasteiger partial charge in [0.1, 0.15) is 0 Å². The van der Waals surface area contributed by atoms with Crippen molar-refractivity contribution in [3.05, 3.63) is 71.8 Å². The zero-order chi connectivity index (χ0) is 18.4. The molecule has 1 aliphatic carbocycles. The molecule has 0 N–H and O–H groups in total. The molecule has 0 aliphatic heterocycles. The lowest BCUT2D eigenvalue weighted by Gasteiger charge is -2.22. The highest BCUT2D eigenvalue weighted by Crippen LogP contribution is 2.32. The van der Waals surface area contributed by atoms with E-state index in [-0.39, 0.29) is 0 Å². The Labute approximate surface area is 150 Å². The molecule has 0 nitrogen and oxygen atoms in total. The number of hydrogen-bond donors (Lipinski definition) is 0. The van der Waals surface area contributed by atoms with E-state index in [1.807, 2.05) is 13.8 Å². The molecule has 2 unspecified atom stereocenters. The summed E-state index contributed by atoms with van der Waals surface area (Å²) in [5.74, 6) is 1.84. The molecule has 0 aromatic heterocycles. The summed E-state index contributed by atoms with van der Waals surface area (Å²) < 4.78 is 0. The maximum Gasteiger partial charge on any atom is -0.00498 e. The van der Waals surface area contributed by atoms with Gasteiger partial charge < -0.3 is 0 Å². The lowest BCUT2D eigenvalue weighted by Crippen LogP contribution is -2.07. The standard InChI is InChI=1S/C20H26.C2H6.C2H2/c1-4-17-9-8-10-18(14-13-17)15-20(16(2)3)19-11-6-5-7-12-19;2*1-2/h5-14,16-17,20H,4,15H2,1-3H3;1-2H3;1-2H. The highest BCUT2D eigenvalue weighted by Gasteiger charge is 2.16.